The van der Waals surface area contributed by atoms with Crippen molar-refractivity contribution >= 4 is 37.3 Å². The quantitative estimate of drug-likeness (QED) is 0.0260. The Morgan fingerprint density at radius 1 is 0.935 bits per heavy atom. The highest BCUT2D eigenvalue weighted by Crippen LogP contribution is 2.52. The summed E-state index contributed by atoms with van der Waals surface area (Å²) >= 11 is 0. The van der Waals surface area contributed by atoms with Crippen LogP contribution in [-0.2, 0) is 39.4 Å². The SMILES string of the molecule is CC(C)CC(NC(=O)OC(C(=O)OCc1ccccc1)c1ccccc1)OP(=O)(CC(C(=O)O)c1cccc(N=C(N)N)c1)OO. The molecule has 0 radical (unpaired) electrons. The van der Waals surface area contributed by atoms with E-state index in [1.807, 2.05) is 6.07 Å². The van der Waals surface area contributed by atoms with Crippen molar-refractivity contribution in [2.75, 3.05) is 6.16 Å². The molecule has 0 aromatic heterocycles. The number of alkyl carbamates (subject to hydrolysis) is 1. The molecule has 46 heavy (non-hydrogen) atoms. The summed E-state index contributed by atoms with van der Waals surface area (Å²) < 4.78 is 34.2. The fraction of sp³-hybridized carbons (Fsp3) is 0.290. The number of nitrogens with two attached hydrogens (primary N) is 2. The molecule has 3 aromatic rings. The van der Waals surface area contributed by atoms with Crippen LogP contribution < -0.4 is 16.8 Å². The minimum absolute atomic E-state index is 0.0363. The Morgan fingerprint density at radius 3 is 2.15 bits per heavy atom. The van der Waals surface area contributed by atoms with E-state index in [4.69, 9.17) is 25.5 Å². The van der Waals surface area contributed by atoms with Crippen LogP contribution in [0.25, 0.3) is 0 Å². The number of aliphatic imine (C=N–C) groups is 1. The number of amides is 1. The molecule has 0 aliphatic carbocycles. The Kier molecular flexibility index (Phi) is 13.3. The number of nitrogens with one attached hydrogen (secondary N) is 1. The lowest BCUT2D eigenvalue weighted by Crippen LogP contribution is -2.39. The lowest BCUT2D eigenvalue weighted by atomic mass is 10.0. The number of carbonyl (C=O) groups is 3. The maximum atomic E-state index is 13.6. The molecule has 3 aromatic carbocycles. The van der Waals surface area contributed by atoms with Crippen molar-refractivity contribution in [1.82, 2.24) is 5.32 Å². The van der Waals surface area contributed by atoms with Gasteiger partial charge in [0.25, 0.3) is 0 Å². The third-order valence-corrected chi connectivity index (χ3v) is 8.01. The molecule has 0 bridgehead atoms. The van der Waals surface area contributed by atoms with Gasteiger partial charge in [-0.05, 0) is 35.6 Å². The first-order valence-corrected chi connectivity index (χ1v) is 15.9. The molecule has 0 aliphatic rings. The normalized spacial score (nSPS) is 14.3. The average Bonchev–Trinajstić information content (AvgIpc) is 3.01. The zero-order valence-electron chi connectivity index (χ0n) is 25.2. The summed E-state index contributed by atoms with van der Waals surface area (Å²) in [7, 11) is -4.62. The zero-order valence-corrected chi connectivity index (χ0v) is 26.1. The minimum Gasteiger partial charge on any atom is -0.481 e. The highest BCUT2D eigenvalue weighted by molar-refractivity contribution is 7.53. The van der Waals surface area contributed by atoms with Gasteiger partial charge < -0.3 is 26.0 Å². The van der Waals surface area contributed by atoms with Gasteiger partial charge in [0, 0.05) is 5.56 Å². The molecule has 1 amide bonds. The number of rotatable bonds is 16. The number of benzene rings is 3. The van der Waals surface area contributed by atoms with Crippen LogP contribution in [0.2, 0.25) is 0 Å². The van der Waals surface area contributed by atoms with Crippen molar-refractivity contribution in [2.24, 2.45) is 22.4 Å². The van der Waals surface area contributed by atoms with Crippen LogP contribution in [0, 0.1) is 5.92 Å². The second kappa shape index (κ2) is 17.1. The van der Waals surface area contributed by atoms with E-state index in [1.54, 1.807) is 68.4 Å². The number of carboxylic acids is 1. The van der Waals surface area contributed by atoms with Gasteiger partial charge in [-0.1, -0.05) is 86.6 Å². The first-order chi connectivity index (χ1) is 21.9. The summed E-state index contributed by atoms with van der Waals surface area (Å²) in [6.45, 7) is 3.48. The molecule has 14 nitrogen and oxygen atoms in total. The summed E-state index contributed by atoms with van der Waals surface area (Å²) in [5.41, 5.74) is 12.2. The fourth-order valence-electron chi connectivity index (χ4n) is 4.31. The number of carbonyl (C=O) groups excluding carboxylic acids is 2. The summed E-state index contributed by atoms with van der Waals surface area (Å²) in [4.78, 5) is 42.2. The Labute approximate surface area is 265 Å². The molecular weight excluding hydrogens is 619 g/mol. The van der Waals surface area contributed by atoms with Crippen LogP contribution >= 0.6 is 7.60 Å². The number of carboxylic acid groups (broad SMARTS) is 1. The van der Waals surface area contributed by atoms with Crippen LogP contribution in [0.4, 0.5) is 10.5 Å². The molecule has 0 aliphatic heterocycles. The molecule has 4 unspecified atom stereocenters. The molecule has 7 N–H and O–H groups in total. The van der Waals surface area contributed by atoms with Gasteiger partial charge in [0.1, 0.15) is 12.8 Å². The van der Waals surface area contributed by atoms with E-state index in [9.17, 15) is 29.3 Å². The van der Waals surface area contributed by atoms with Crippen molar-refractivity contribution in [2.45, 2.75) is 45.1 Å². The Morgan fingerprint density at radius 2 is 1.57 bits per heavy atom. The summed E-state index contributed by atoms with van der Waals surface area (Å²) in [5, 5.41) is 22.0. The zero-order chi connectivity index (χ0) is 33.7. The molecule has 3 rings (SSSR count). The predicted molar refractivity (Wildman–Crippen MR) is 168 cm³/mol. The Balaban J connectivity index is 1.78. The van der Waals surface area contributed by atoms with Crippen LogP contribution in [0.3, 0.4) is 0 Å². The van der Waals surface area contributed by atoms with Gasteiger partial charge in [-0.15, -0.1) is 0 Å². The number of guanidine groups is 1. The smallest absolute Gasteiger partial charge is 0.410 e. The molecular formula is C31H37N4O10P. The van der Waals surface area contributed by atoms with E-state index >= 15 is 0 Å². The number of nitrogens with zero attached hydrogens (tertiary/aromatic N) is 1. The van der Waals surface area contributed by atoms with Crippen molar-refractivity contribution in [1.29, 1.82) is 0 Å². The molecule has 0 fully saturated rings. The molecule has 15 heteroatoms. The number of hydrogen-bond donors (Lipinski definition) is 5. The van der Waals surface area contributed by atoms with Crippen molar-refractivity contribution in [3.8, 4) is 0 Å². The van der Waals surface area contributed by atoms with E-state index in [-0.39, 0.29) is 36.2 Å². The Bertz CT molecular complexity index is 1530. The minimum atomic E-state index is -4.62. The third kappa shape index (κ3) is 11.3. The first kappa shape index (κ1) is 35.7. The van der Waals surface area contributed by atoms with Crippen LogP contribution in [-0.4, -0.2) is 46.7 Å². The van der Waals surface area contributed by atoms with E-state index < -0.39 is 50.0 Å². The van der Waals surface area contributed by atoms with Crippen LogP contribution in [0.15, 0.2) is 89.9 Å². The standard InChI is InChI=1S/C31H37N4O10P/c1-20(2)16-26(44-46(41,45-40)19-25(28(36)37)23-14-9-15-24(17-23)34-30(32)33)35-31(39)43-27(22-12-7-4-8-13-22)29(38)42-18-21-10-5-3-6-11-21/h3-15,17,20,25-27,40H,16,18-19H2,1-2H3,(H,35,39)(H,36,37)(H4,32,33,34). The van der Waals surface area contributed by atoms with Gasteiger partial charge >= 0.3 is 25.6 Å². The van der Waals surface area contributed by atoms with Gasteiger partial charge in [-0.25, -0.2) is 19.8 Å². The predicted octanol–water partition coefficient (Wildman–Crippen LogP) is 5.04. The van der Waals surface area contributed by atoms with Crippen LogP contribution in [0.1, 0.15) is 49.0 Å². The van der Waals surface area contributed by atoms with Crippen molar-refractivity contribution in [3.63, 3.8) is 0 Å². The van der Waals surface area contributed by atoms with Crippen molar-refractivity contribution < 1.29 is 48.0 Å². The molecule has 246 valence electrons. The lowest BCUT2D eigenvalue weighted by Gasteiger charge is -2.27. The van der Waals surface area contributed by atoms with Crippen molar-refractivity contribution in [3.05, 3.63) is 102 Å². The maximum absolute atomic E-state index is 13.6. The van der Waals surface area contributed by atoms with Gasteiger partial charge in [0.2, 0.25) is 6.10 Å². The summed E-state index contributed by atoms with van der Waals surface area (Å²) in [5.74, 6) is -4.17. The summed E-state index contributed by atoms with van der Waals surface area (Å²) in [6, 6.07) is 22.9. The topological polar surface area (TPSA) is 222 Å². The number of aliphatic carboxylic acids is 1. The van der Waals surface area contributed by atoms with Gasteiger partial charge in [-0.2, -0.15) is 4.67 Å². The average molecular weight is 657 g/mol. The third-order valence-electron chi connectivity index (χ3n) is 6.38. The lowest BCUT2D eigenvalue weighted by molar-refractivity contribution is -0.156. The first-order valence-electron chi connectivity index (χ1n) is 14.1. The van der Waals surface area contributed by atoms with Gasteiger partial charge in [-0.3, -0.25) is 19.2 Å². The van der Waals surface area contributed by atoms with E-state index in [0.29, 0.717) is 5.56 Å². The monoisotopic (exact) mass is 656 g/mol. The molecule has 0 heterocycles. The molecule has 4 atom stereocenters. The van der Waals surface area contributed by atoms with E-state index in [2.05, 4.69) is 15.0 Å². The van der Waals surface area contributed by atoms with Gasteiger partial charge in [0.05, 0.1) is 17.8 Å². The highest BCUT2D eigenvalue weighted by Gasteiger charge is 2.38. The van der Waals surface area contributed by atoms with E-state index in [0.717, 1.165) is 5.56 Å². The largest absolute Gasteiger partial charge is 0.481 e. The maximum Gasteiger partial charge on any atom is 0.410 e. The highest BCUT2D eigenvalue weighted by atomic mass is 31.2. The fourth-order valence-corrected chi connectivity index (χ4v) is 5.84. The summed E-state index contributed by atoms with van der Waals surface area (Å²) in [6.07, 6.45) is -4.80. The van der Waals surface area contributed by atoms with Gasteiger partial charge in [0.15, 0.2) is 5.96 Å². The second-order valence-corrected chi connectivity index (χ2v) is 12.5. The molecule has 0 saturated carbocycles. The van der Waals surface area contributed by atoms with Crippen LogP contribution in [0.5, 0.6) is 0 Å². The second-order valence-electron chi connectivity index (χ2n) is 10.6. The molecule has 0 spiro atoms. The number of ether oxygens (including phenoxy) is 2. The van der Waals surface area contributed by atoms with E-state index in [1.165, 1.54) is 24.3 Å². The number of hydrogen-bond acceptors (Lipinski definition) is 10. The Hall–Kier alpha value is -4.75. The number of esters is 1. The molecule has 0 saturated heterocycles.